The lowest BCUT2D eigenvalue weighted by molar-refractivity contribution is 0.615. The van der Waals surface area contributed by atoms with Crippen molar-refractivity contribution >= 4 is 22.3 Å². The van der Waals surface area contributed by atoms with Crippen LogP contribution in [0.15, 0.2) is 60.0 Å². The first-order valence-electron chi connectivity index (χ1n) is 8.18. The van der Waals surface area contributed by atoms with Gasteiger partial charge < -0.3 is 4.42 Å². The molecule has 0 fully saturated rings. The SMILES string of the molecule is Cc1nc(-c2cncnc2)sc1-c1cc2ccoc2c(-c2ncccn2)n1. The average Bonchev–Trinajstić information content (AvgIpc) is 3.35. The summed E-state index contributed by atoms with van der Waals surface area (Å²) in [6.07, 6.45) is 10.0. The van der Waals surface area contributed by atoms with E-state index in [0.717, 1.165) is 32.2 Å². The van der Waals surface area contributed by atoms with Crippen molar-refractivity contribution in [1.29, 1.82) is 0 Å². The Labute approximate surface area is 157 Å². The summed E-state index contributed by atoms with van der Waals surface area (Å²) in [5.74, 6) is 0.526. The fraction of sp³-hybridized carbons (Fsp3) is 0.0526. The van der Waals surface area contributed by atoms with Crippen molar-refractivity contribution in [3.63, 3.8) is 0 Å². The molecule has 7 nitrogen and oxygen atoms in total. The smallest absolute Gasteiger partial charge is 0.182 e. The number of fused-ring (bicyclic) bond motifs is 1. The molecule has 0 aliphatic rings. The second kappa shape index (κ2) is 6.33. The van der Waals surface area contributed by atoms with E-state index < -0.39 is 0 Å². The van der Waals surface area contributed by atoms with Gasteiger partial charge in [-0.25, -0.2) is 29.9 Å². The molecule has 0 aliphatic carbocycles. The van der Waals surface area contributed by atoms with Gasteiger partial charge in [0.05, 0.1) is 22.5 Å². The van der Waals surface area contributed by atoms with E-state index in [2.05, 4.69) is 24.9 Å². The minimum absolute atomic E-state index is 0.526. The molecular weight excluding hydrogens is 360 g/mol. The Morgan fingerprint density at radius 2 is 1.85 bits per heavy atom. The zero-order chi connectivity index (χ0) is 18.2. The number of hydrogen-bond donors (Lipinski definition) is 0. The summed E-state index contributed by atoms with van der Waals surface area (Å²) >= 11 is 1.56. The molecule has 0 unspecified atom stereocenters. The Morgan fingerprint density at radius 1 is 1.04 bits per heavy atom. The summed E-state index contributed by atoms with van der Waals surface area (Å²) in [5.41, 5.74) is 3.88. The summed E-state index contributed by atoms with van der Waals surface area (Å²) in [6, 6.07) is 5.68. The molecule has 0 amide bonds. The highest BCUT2D eigenvalue weighted by molar-refractivity contribution is 7.18. The van der Waals surface area contributed by atoms with Gasteiger partial charge in [-0.15, -0.1) is 11.3 Å². The van der Waals surface area contributed by atoms with E-state index in [1.165, 1.54) is 6.33 Å². The third kappa shape index (κ3) is 2.76. The molecule has 0 bridgehead atoms. The molecule has 0 N–H and O–H groups in total. The summed E-state index contributed by atoms with van der Waals surface area (Å²) < 4.78 is 5.63. The minimum atomic E-state index is 0.526. The number of furan rings is 1. The monoisotopic (exact) mass is 372 g/mol. The molecule has 5 heterocycles. The number of nitrogens with zero attached hydrogens (tertiary/aromatic N) is 6. The predicted molar refractivity (Wildman–Crippen MR) is 102 cm³/mol. The van der Waals surface area contributed by atoms with Crippen LogP contribution in [0.1, 0.15) is 5.69 Å². The molecule has 0 aromatic carbocycles. The van der Waals surface area contributed by atoms with Gasteiger partial charge in [0.25, 0.3) is 0 Å². The largest absolute Gasteiger partial charge is 0.462 e. The fourth-order valence-corrected chi connectivity index (χ4v) is 3.83. The van der Waals surface area contributed by atoms with Gasteiger partial charge >= 0.3 is 0 Å². The average molecular weight is 372 g/mol. The molecule has 0 aliphatic heterocycles. The highest BCUT2D eigenvalue weighted by Crippen LogP contribution is 2.37. The van der Waals surface area contributed by atoms with E-state index in [4.69, 9.17) is 9.40 Å². The van der Waals surface area contributed by atoms with Crippen LogP contribution in [0.5, 0.6) is 0 Å². The Kier molecular flexibility index (Phi) is 3.68. The molecule has 0 spiro atoms. The number of pyridine rings is 1. The van der Waals surface area contributed by atoms with Crippen molar-refractivity contribution in [2.24, 2.45) is 0 Å². The molecular formula is C19H12N6OS. The number of rotatable bonds is 3. The van der Waals surface area contributed by atoms with Crippen LogP contribution in [0, 0.1) is 6.92 Å². The van der Waals surface area contributed by atoms with Gasteiger partial charge in [0, 0.05) is 35.7 Å². The van der Waals surface area contributed by atoms with E-state index >= 15 is 0 Å². The van der Waals surface area contributed by atoms with Crippen molar-refractivity contribution < 1.29 is 4.42 Å². The molecule has 8 heteroatoms. The molecule has 0 saturated heterocycles. The zero-order valence-corrected chi connectivity index (χ0v) is 15.0. The molecule has 5 aromatic heterocycles. The quantitative estimate of drug-likeness (QED) is 0.469. The first-order chi connectivity index (χ1) is 13.3. The fourth-order valence-electron chi connectivity index (χ4n) is 2.83. The number of hydrogen-bond acceptors (Lipinski definition) is 8. The third-order valence-electron chi connectivity index (χ3n) is 4.05. The second-order valence-electron chi connectivity index (χ2n) is 5.83. The maximum atomic E-state index is 5.63. The topological polar surface area (TPSA) is 90.5 Å². The van der Waals surface area contributed by atoms with Crippen molar-refractivity contribution in [3.8, 4) is 32.7 Å². The maximum absolute atomic E-state index is 5.63. The van der Waals surface area contributed by atoms with E-state index in [0.29, 0.717) is 17.1 Å². The minimum Gasteiger partial charge on any atom is -0.462 e. The van der Waals surface area contributed by atoms with Crippen molar-refractivity contribution in [3.05, 3.63) is 61.3 Å². The van der Waals surface area contributed by atoms with Gasteiger partial charge in [0.2, 0.25) is 0 Å². The summed E-state index contributed by atoms with van der Waals surface area (Å²) in [4.78, 5) is 27.2. The van der Waals surface area contributed by atoms with Crippen LogP contribution in [0.2, 0.25) is 0 Å². The molecule has 5 aromatic rings. The van der Waals surface area contributed by atoms with E-state index in [-0.39, 0.29) is 0 Å². The van der Waals surface area contributed by atoms with Crippen molar-refractivity contribution in [1.82, 2.24) is 29.9 Å². The first-order valence-corrected chi connectivity index (χ1v) is 9.00. The summed E-state index contributed by atoms with van der Waals surface area (Å²) in [7, 11) is 0. The number of aromatic nitrogens is 6. The molecule has 27 heavy (non-hydrogen) atoms. The lowest BCUT2D eigenvalue weighted by Gasteiger charge is -2.04. The van der Waals surface area contributed by atoms with E-state index in [9.17, 15) is 0 Å². The van der Waals surface area contributed by atoms with Gasteiger partial charge in [0.1, 0.15) is 11.3 Å². The predicted octanol–water partition coefficient (Wildman–Crippen LogP) is 4.17. The summed E-state index contributed by atoms with van der Waals surface area (Å²) in [6.45, 7) is 1.97. The molecule has 0 radical (unpaired) electrons. The zero-order valence-electron chi connectivity index (χ0n) is 14.2. The van der Waals surface area contributed by atoms with E-state index in [1.54, 1.807) is 48.5 Å². The Hall–Kier alpha value is -3.52. The third-order valence-corrected chi connectivity index (χ3v) is 5.28. The van der Waals surface area contributed by atoms with Crippen LogP contribution < -0.4 is 0 Å². The number of aryl methyl sites for hydroxylation is 1. The van der Waals surface area contributed by atoms with Crippen LogP contribution in [-0.4, -0.2) is 29.9 Å². The van der Waals surface area contributed by atoms with Crippen LogP contribution in [-0.2, 0) is 0 Å². The van der Waals surface area contributed by atoms with Crippen LogP contribution in [0.3, 0.4) is 0 Å². The van der Waals surface area contributed by atoms with E-state index in [1.807, 2.05) is 19.1 Å². The lowest BCUT2D eigenvalue weighted by Crippen LogP contribution is -1.93. The van der Waals surface area contributed by atoms with Gasteiger partial charge in [-0.1, -0.05) is 0 Å². The van der Waals surface area contributed by atoms with Crippen LogP contribution in [0.25, 0.3) is 43.6 Å². The highest BCUT2D eigenvalue weighted by atomic mass is 32.1. The normalized spacial score (nSPS) is 11.1. The Morgan fingerprint density at radius 3 is 2.67 bits per heavy atom. The standard InChI is InChI=1S/C19H12N6OS/c1-11-17(27-19(24-11)13-8-20-10-21-9-13)14-7-12-3-6-26-16(12)15(25-14)18-22-4-2-5-23-18/h2-10H,1H3. The lowest BCUT2D eigenvalue weighted by atomic mass is 10.2. The molecule has 0 atom stereocenters. The number of thiazole rings is 1. The Balaban J connectivity index is 1.69. The molecule has 0 saturated carbocycles. The summed E-state index contributed by atoms with van der Waals surface area (Å²) in [5, 5.41) is 1.80. The second-order valence-corrected chi connectivity index (χ2v) is 6.83. The van der Waals surface area contributed by atoms with Crippen molar-refractivity contribution in [2.45, 2.75) is 6.92 Å². The first kappa shape index (κ1) is 15.7. The molecule has 5 rings (SSSR count). The van der Waals surface area contributed by atoms with Crippen LogP contribution >= 0.6 is 11.3 Å². The van der Waals surface area contributed by atoms with Crippen molar-refractivity contribution in [2.75, 3.05) is 0 Å². The molecule has 130 valence electrons. The van der Waals surface area contributed by atoms with Gasteiger partial charge in [-0.05, 0) is 25.1 Å². The Bertz CT molecular complexity index is 1230. The maximum Gasteiger partial charge on any atom is 0.182 e. The van der Waals surface area contributed by atoms with Gasteiger partial charge in [-0.3, -0.25) is 0 Å². The highest BCUT2D eigenvalue weighted by Gasteiger charge is 2.18. The van der Waals surface area contributed by atoms with Gasteiger partial charge in [-0.2, -0.15) is 0 Å². The van der Waals surface area contributed by atoms with Gasteiger partial charge in [0.15, 0.2) is 17.1 Å². The van der Waals surface area contributed by atoms with Crippen LogP contribution in [0.4, 0.5) is 0 Å².